The van der Waals surface area contributed by atoms with E-state index in [4.69, 9.17) is 23.2 Å². The molecule has 0 aliphatic carbocycles. The van der Waals surface area contributed by atoms with Crippen molar-refractivity contribution >= 4 is 40.3 Å². The zero-order chi connectivity index (χ0) is 12.1. The molecule has 0 spiro atoms. The molecule has 0 saturated carbocycles. The van der Waals surface area contributed by atoms with Gasteiger partial charge in [-0.2, -0.15) is 0 Å². The van der Waals surface area contributed by atoms with Gasteiger partial charge in [-0.25, -0.2) is 0 Å². The zero-order valence-electron chi connectivity index (χ0n) is 9.56. The zero-order valence-corrected chi connectivity index (χ0v) is 11.9. The Bertz CT molecular complexity index is 360. The van der Waals surface area contributed by atoms with Crippen LogP contribution in [0.1, 0.15) is 49.9 Å². The lowest BCUT2D eigenvalue weighted by atomic mass is 9.92. The monoisotopic (exact) mass is 278 g/mol. The summed E-state index contributed by atoms with van der Waals surface area (Å²) in [6, 6.07) is 1.69. The van der Waals surface area contributed by atoms with Crippen LogP contribution >= 0.6 is 34.5 Å². The van der Waals surface area contributed by atoms with Gasteiger partial charge >= 0.3 is 0 Å². The average Bonchev–Trinajstić information content (AvgIpc) is 2.58. The van der Waals surface area contributed by atoms with Crippen molar-refractivity contribution < 1.29 is 4.79 Å². The third-order valence-corrected chi connectivity index (χ3v) is 4.18. The van der Waals surface area contributed by atoms with E-state index in [1.165, 1.54) is 11.3 Å². The highest BCUT2D eigenvalue weighted by atomic mass is 35.5. The molecule has 1 aromatic heterocycles. The molecule has 1 heterocycles. The second-order valence-corrected chi connectivity index (χ2v) is 6.14. The summed E-state index contributed by atoms with van der Waals surface area (Å²) in [6.07, 6.45) is 4.00. The molecule has 4 heteroatoms. The molecule has 1 nitrogen and oxygen atoms in total. The molecular formula is C12H16Cl2OS. The Morgan fingerprint density at radius 1 is 1.44 bits per heavy atom. The number of carbonyl (C=O) groups is 1. The molecule has 0 saturated heterocycles. The van der Waals surface area contributed by atoms with Crippen molar-refractivity contribution in [3.63, 3.8) is 0 Å². The van der Waals surface area contributed by atoms with E-state index < -0.39 is 0 Å². The van der Waals surface area contributed by atoms with E-state index in [0.29, 0.717) is 14.2 Å². The van der Waals surface area contributed by atoms with Gasteiger partial charge in [0.25, 0.3) is 0 Å². The van der Waals surface area contributed by atoms with Crippen LogP contribution in [0.25, 0.3) is 0 Å². The van der Waals surface area contributed by atoms with Gasteiger partial charge < -0.3 is 0 Å². The Hall–Kier alpha value is -0.0500. The van der Waals surface area contributed by atoms with E-state index in [0.717, 1.165) is 25.7 Å². The van der Waals surface area contributed by atoms with Crippen LogP contribution in [0.2, 0.25) is 8.67 Å². The molecule has 0 radical (unpaired) electrons. The van der Waals surface area contributed by atoms with Gasteiger partial charge in [-0.3, -0.25) is 4.79 Å². The van der Waals surface area contributed by atoms with Crippen LogP contribution in [0.3, 0.4) is 0 Å². The van der Waals surface area contributed by atoms with Gasteiger partial charge in [-0.05, 0) is 18.9 Å². The van der Waals surface area contributed by atoms with Gasteiger partial charge in [0.15, 0.2) is 5.78 Å². The van der Waals surface area contributed by atoms with Gasteiger partial charge in [0.2, 0.25) is 0 Å². The minimum Gasteiger partial charge on any atom is -0.294 e. The lowest BCUT2D eigenvalue weighted by Crippen LogP contribution is -2.13. The molecule has 16 heavy (non-hydrogen) atoms. The highest BCUT2D eigenvalue weighted by Gasteiger charge is 2.21. The summed E-state index contributed by atoms with van der Waals surface area (Å²) in [5.74, 6) is 0.229. The van der Waals surface area contributed by atoms with Gasteiger partial charge in [0.1, 0.15) is 4.34 Å². The van der Waals surface area contributed by atoms with Gasteiger partial charge in [0.05, 0.1) is 4.34 Å². The summed E-state index contributed by atoms with van der Waals surface area (Å²) in [4.78, 5) is 12.2. The van der Waals surface area contributed by atoms with Crippen molar-refractivity contribution in [3.8, 4) is 0 Å². The molecule has 1 rings (SSSR count). The average molecular weight is 279 g/mol. The first-order valence-corrected chi connectivity index (χ1v) is 7.16. The first-order chi connectivity index (χ1) is 7.60. The maximum absolute atomic E-state index is 12.2. The Labute approximate surface area is 111 Å². The summed E-state index contributed by atoms with van der Waals surface area (Å²) in [5.41, 5.74) is 0.597. The Morgan fingerprint density at radius 3 is 2.56 bits per heavy atom. The van der Waals surface area contributed by atoms with E-state index in [1.807, 2.05) is 6.92 Å². The summed E-state index contributed by atoms with van der Waals surface area (Å²) >= 11 is 13.1. The molecule has 1 aromatic rings. The highest BCUT2D eigenvalue weighted by molar-refractivity contribution is 7.20. The van der Waals surface area contributed by atoms with Gasteiger partial charge in [-0.1, -0.05) is 49.9 Å². The number of hydrogen-bond acceptors (Lipinski definition) is 2. The second kappa shape index (κ2) is 6.63. The van der Waals surface area contributed by atoms with Crippen LogP contribution in [0.5, 0.6) is 0 Å². The lowest BCUT2D eigenvalue weighted by molar-refractivity contribution is 0.0909. The summed E-state index contributed by atoms with van der Waals surface area (Å²) in [7, 11) is 0. The van der Waals surface area contributed by atoms with E-state index in [2.05, 4.69) is 6.92 Å². The van der Waals surface area contributed by atoms with E-state index in [9.17, 15) is 4.79 Å². The molecule has 0 fully saturated rings. The van der Waals surface area contributed by atoms with Crippen molar-refractivity contribution in [1.82, 2.24) is 0 Å². The molecule has 0 amide bonds. The summed E-state index contributed by atoms with van der Waals surface area (Å²) < 4.78 is 1.10. The number of thiophene rings is 1. The molecule has 0 bridgehead atoms. The van der Waals surface area contributed by atoms with Crippen LogP contribution < -0.4 is 0 Å². The van der Waals surface area contributed by atoms with Crippen molar-refractivity contribution in [1.29, 1.82) is 0 Å². The molecule has 0 aliphatic rings. The fourth-order valence-electron chi connectivity index (χ4n) is 1.70. The second-order valence-electron chi connectivity index (χ2n) is 3.85. The first-order valence-electron chi connectivity index (χ1n) is 5.59. The van der Waals surface area contributed by atoms with Crippen LogP contribution in [0.4, 0.5) is 0 Å². The molecular weight excluding hydrogens is 263 g/mol. The number of unbranched alkanes of at least 4 members (excludes halogenated alkanes) is 1. The van der Waals surface area contributed by atoms with Crippen LogP contribution in [-0.4, -0.2) is 5.78 Å². The number of rotatable bonds is 6. The summed E-state index contributed by atoms with van der Waals surface area (Å²) in [6.45, 7) is 4.17. The van der Waals surface area contributed by atoms with E-state index in [-0.39, 0.29) is 11.7 Å². The number of halogens is 2. The first kappa shape index (κ1) is 14.0. The number of ketones is 1. The third-order valence-electron chi connectivity index (χ3n) is 2.69. The number of carbonyl (C=O) groups excluding carboxylic acids is 1. The fraction of sp³-hybridized carbons (Fsp3) is 0.583. The topological polar surface area (TPSA) is 17.1 Å². The van der Waals surface area contributed by atoms with E-state index >= 15 is 0 Å². The van der Waals surface area contributed by atoms with E-state index in [1.54, 1.807) is 6.07 Å². The molecule has 1 atom stereocenters. The normalized spacial score (nSPS) is 12.8. The Kier molecular flexibility index (Phi) is 5.81. The number of hydrogen-bond donors (Lipinski definition) is 0. The van der Waals surface area contributed by atoms with Gasteiger partial charge in [0, 0.05) is 11.5 Å². The highest BCUT2D eigenvalue weighted by Crippen LogP contribution is 2.33. The fourth-order valence-corrected chi connectivity index (χ4v) is 3.17. The molecule has 0 aliphatic heterocycles. The van der Waals surface area contributed by atoms with Crippen molar-refractivity contribution in [3.05, 3.63) is 20.3 Å². The molecule has 0 aromatic carbocycles. The predicted molar refractivity (Wildman–Crippen MR) is 72.0 cm³/mol. The minimum absolute atomic E-state index is 0.0862. The summed E-state index contributed by atoms with van der Waals surface area (Å²) in [5, 5.41) is 0. The van der Waals surface area contributed by atoms with Crippen molar-refractivity contribution in [2.75, 3.05) is 0 Å². The third kappa shape index (κ3) is 3.47. The molecule has 1 unspecified atom stereocenters. The Balaban J connectivity index is 2.78. The quantitative estimate of drug-likeness (QED) is 0.632. The number of Topliss-reactive ketones (excluding diaryl/α,β-unsaturated/α-hetero) is 1. The maximum atomic E-state index is 12.2. The van der Waals surface area contributed by atoms with Gasteiger partial charge in [-0.15, -0.1) is 11.3 Å². The van der Waals surface area contributed by atoms with Crippen LogP contribution in [0.15, 0.2) is 6.07 Å². The smallest absolute Gasteiger partial charge is 0.168 e. The Morgan fingerprint density at radius 2 is 2.12 bits per heavy atom. The standard InChI is InChI=1S/C12H16Cl2OS/c1-3-5-6-8(4-2)11(15)9-7-10(13)16-12(9)14/h7-8H,3-6H2,1-2H3. The maximum Gasteiger partial charge on any atom is 0.168 e. The SMILES string of the molecule is CCCCC(CC)C(=O)c1cc(Cl)sc1Cl. The molecule has 0 N–H and O–H groups in total. The van der Waals surface area contributed by atoms with Crippen molar-refractivity contribution in [2.45, 2.75) is 39.5 Å². The van der Waals surface area contributed by atoms with Crippen LogP contribution in [0, 0.1) is 5.92 Å². The minimum atomic E-state index is 0.0862. The molecule has 90 valence electrons. The largest absolute Gasteiger partial charge is 0.294 e. The van der Waals surface area contributed by atoms with Crippen molar-refractivity contribution in [2.24, 2.45) is 5.92 Å². The van der Waals surface area contributed by atoms with Crippen LogP contribution in [-0.2, 0) is 0 Å². The predicted octanol–water partition coefficient (Wildman–Crippen LogP) is 5.45. The lowest BCUT2D eigenvalue weighted by Gasteiger charge is -2.12.